The van der Waals surface area contributed by atoms with Gasteiger partial charge in [-0.3, -0.25) is 9.59 Å². The third kappa shape index (κ3) is 3.15. The van der Waals surface area contributed by atoms with E-state index in [0.717, 1.165) is 0 Å². The number of benzene rings is 3. The number of hydrogen-bond donors (Lipinski definition) is 2. The van der Waals surface area contributed by atoms with Gasteiger partial charge in [-0.25, -0.2) is 0 Å². The van der Waals surface area contributed by atoms with Gasteiger partial charge in [0.2, 0.25) is 0 Å². The molecule has 3 aromatic carbocycles. The Morgan fingerprint density at radius 2 is 1.75 bits per heavy atom. The maximum atomic E-state index is 13.0. The van der Waals surface area contributed by atoms with Crippen molar-refractivity contribution in [3.63, 3.8) is 0 Å². The number of aromatic hydroxyl groups is 2. The molecular formula is C25H18O7. The molecule has 4 aromatic rings. The summed E-state index contributed by atoms with van der Waals surface area (Å²) in [5, 5.41) is 20.5. The summed E-state index contributed by atoms with van der Waals surface area (Å²) >= 11 is 0. The van der Waals surface area contributed by atoms with Crippen LogP contribution in [0.3, 0.4) is 0 Å². The number of carbonyl (C=O) groups excluding carboxylic acids is 1. The molecule has 0 unspecified atom stereocenters. The zero-order valence-electron chi connectivity index (χ0n) is 17.0. The number of phenols is 2. The fourth-order valence-electron chi connectivity index (χ4n) is 4.10. The molecule has 160 valence electrons. The summed E-state index contributed by atoms with van der Waals surface area (Å²) in [5.41, 5.74) is 1.57. The van der Waals surface area contributed by atoms with Crippen LogP contribution in [0.25, 0.3) is 22.3 Å². The van der Waals surface area contributed by atoms with E-state index in [2.05, 4.69) is 0 Å². The monoisotopic (exact) mass is 430 g/mol. The number of methoxy groups -OCH3 is 1. The zero-order valence-corrected chi connectivity index (χ0v) is 17.0. The van der Waals surface area contributed by atoms with Gasteiger partial charge in [0.25, 0.3) is 0 Å². The maximum absolute atomic E-state index is 13.0. The molecule has 2 heterocycles. The van der Waals surface area contributed by atoms with Gasteiger partial charge >= 0.3 is 5.97 Å². The lowest BCUT2D eigenvalue weighted by molar-refractivity contribution is -0.135. The Hall–Kier alpha value is -4.26. The van der Waals surface area contributed by atoms with Crippen LogP contribution >= 0.6 is 0 Å². The minimum atomic E-state index is -0.543. The number of rotatable bonds is 3. The molecule has 0 bridgehead atoms. The van der Waals surface area contributed by atoms with Gasteiger partial charge in [0.15, 0.2) is 16.9 Å². The second kappa shape index (κ2) is 7.46. The van der Waals surface area contributed by atoms with Crippen LogP contribution in [-0.2, 0) is 4.79 Å². The standard InChI is InChI=1S/C25H18O7/c1-30-20-9-14(7-8-16(20)26)15-10-22(29)31-21-12-18(28)24-17(27)11-19(32-25(24)23(15)21)13-5-3-2-4-6-13/h2-9,11-12,15,26,28H,10H2,1H3/t15-/m1/s1. The SMILES string of the molecule is COc1cc([C@H]2CC(=O)Oc3cc(O)c4c(=O)cc(-c5ccccc5)oc4c32)ccc1O. The molecule has 5 rings (SSSR count). The van der Waals surface area contributed by atoms with Crippen molar-refractivity contribution in [3.05, 3.63) is 82.0 Å². The van der Waals surface area contributed by atoms with Gasteiger partial charge in [0.1, 0.15) is 28.2 Å². The molecule has 1 aromatic heterocycles. The molecule has 7 heteroatoms. The first-order valence-corrected chi connectivity index (χ1v) is 9.93. The minimum Gasteiger partial charge on any atom is -0.507 e. The quantitative estimate of drug-likeness (QED) is 0.368. The highest BCUT2D eigenvalue weighted by molar-refractivity contribution is 5.93. The summed E-state index contributed by atoms with van der Waals surface area (Å²) in [7, 11) is 1.43. The highest BCUT2D eigenvalue weighted by Crippen LogP contribution is 2.46. The van der Waals surface area contributed by atoms with Crippen LogP contribution in [0, 0.1) is 0 Å². The van der Waals surface area contributed by atoms with Gasteiger partial charge in [-0.15, -0.1) is 0 Å². The maximum Gasteiger partial charge on any atom is 0.312 e. The summed E-state index contributed by atoms with van der Waals surface area (Å²) < 4.78 is 16.8. The molecule has 0 spiro atoms. The Labute approximate surface area is 182 Å². The number of phenolic OH excluding ortho intramolecular Hbond substituents is 2. The summed E-state index contributed by atoms with van der Waals surface area (Å²) in [5.74, 6) is -0.705. The lowest BCUT2D eigenvalue weighted by Crippen LogP contribution is -2.22. The second-order valence-corrected chi connectivity index (χ2v) is 7.51. The first-order valence-electron chi connectivity index (χ1n) is 9.93. The van der Waals surface area contributed by atoms with Gasteiger partial charge in [0, 0.05) is 29.2 Å². The Bertz CT molecular complexity index is 1420. The Morgan fingerprint density at radius 1 is 0.969 bits per heavy atom. The minimum absolute atomic E-state index is 0.0112. The van der Waals surface area contributed by atoms with Crippen molar-refractivity contribution in [3.8, 4) is 34.3 Å². The number of hydrogen-bond acceptors (Lipinski definition) is 7. The fourth-order valence-corrected chi connectivity index (χ4v) is 4.10. The molecule has 1 atom stereocenters. The zero-order chi connectivity index (χ0) is 22.4. The Kier molecular flexibility index (Phi) is 4.59. The van der Waals surface area contributed by atoms with Crippen LogP contribution in [0.2, 0.25) is 0 Å². The van der Waals surface area contributed by atoms with E-state index < -0.39 is 17.3 Å². The molecule has 32 heavy (non-hydrogen) atoms. The first-order chi connectivity index (χ1) is 15.5. The third-order valence-corrected chi connectivity index (χ3v) is 5.59. The molecule has 1 aliphatic rings. The average molecular weight is 430 g/mol. The van der Waals surface area contributed by atoms with E-state index in [0.29, 0.717) is 22.5 Å². The number of carbonyl (C=O) groups is 1. The average Bonchev–Trinajstić information content (AvgIpc) is 2.79. The van der Waals surface area contributed by atoms with Crippen molar-refractivity contribution >= 4 is 16.9 Å². The van der Waals surface area contributed by atoms with Gasteiger partial charge in [-0.1, -0.05) is 36.4 Å². The molecular weight excluding hydrogens is 412 g/mol. The van der Waals surface area contributed by atoms with Crippen molar-refractivity contribution in [1.29, 1.82) is 0 Å². The number of fused-ring (bicyclic) bond motifs is 3. The summed E-state index contributed by atoms with van der Waals surface area (Å²) in [6.45, 7) is 0. The van der Waals surface area contributed by atoms with Crippen LogP contribution in [0.15, 0.2) is 69.9 Å². The van der Waals surface area contributed by atoms with Crippen LogP contribution in [0.5, 0.6) is 23.0 Å². The molecule has 0 radical (unpaired) electrons. The van der Waals surface area contributed by atoms with Crippen molar-refractivity contribution in [2.45, 2.75) is 12.3 Å². The fraction of sp³-hybridized carbons (Fsp3) is 0.120. The van der Waals surface area contributed by atoms with Crippen LogP contribution in [0.4, 0.5) is 0 Å². The number of esters is 1. The topological polar surface area (TPSA) is 106 Å². The third-order valence-electron chi connectivity index (χ3n) is 5.59. The van der Waals surface area contributed by atoms with E-state index in [-0.39, 0.29) is 40.4 Å². The van der Waals surface area contributed by atoms with E-state index in [4.69, 9.17) is 13.9 Å². The summed E-state index contributed by atoms with van der Waals surface area (Å²) in [6, 6.07) is 16.5. The van der Waals surface area contributed by atoms with Gasteiger partial charge in [0.05, 0.1) is 13.5 Å². The van der Waals surface area contributed by atoms with Gasteiger partial charge < -0.3 is 24.1 Å². The molecule has 0 saturated heterocycles. The van der Waals surface area contributed by atoms with Crippen molar-refractivity contribution in [2.24, 2.45) is 0 Å². The molecule has 0 amide bonds. The van der Waals surface area contributed by atoms with Crippen LogP contribution in [-0.4, -0.2) is 23.3 Å². The Morgan fingerprint density at radius 3 is 2.50 bits per heavy atom. The van der Waals surface area contributed by atoms with E-state index in [9.17, 15) is 19.8 Å². The van der Waals surface area contributed by atoms with Gasteiger partial charge in [-0.05, 0) is 17.7 Å². The second-order valence-electron chi connectivity index (χ2n) is 7.51. The van der Waals surface area contributed by atoms with Crippen molar-refractivity contribution < 1.29 is 28.9 Å². The molecule has 1 aliphatic heterocycles. The normalized spacial score (nSPS) is 15.3. The summed E-state index contributed by atoms with van der Waals surface area (Å²) in [4.78, 5) is 25.3. The molecule has 0 aliphatic carbocycles. The first kappa shape index (κ1) is 19.7. The van der Waals surface area contributed by atoms with Crippen molar-refractivity contribution in [2.75, 3.05) is 7.11 Å². The molecule has 0 fully saturated rings. The van der Waals surface area contributed by atoms with Crippen LogP contribution < -0.4 is 14.9 Å². The highest BCUT2D eigenvalue weighted by Gasteiger charge is 2.34. The van der Waals surface area contributed by atoms with Crippen molar-refractivity contribution in [1.82, 2.24) is 0 Å². The smallest absolute Gasteiger partial charge is 0.312 e. The lowest BCUT2D eigenvalue weighted by Gasteiger charge is -2.26. The highest BCUT2D eigenvalue weighted by atomic mass is 16.5. The molecule has 0 saturated carbocycles. The van der Waals surface area contributed by atoms with Gasteiger partial charge in [-0.2, -0.15) is 0 Å². The van der Waals surface area contributed by atoms with E-state index >= 15 is 0 Å². The number of ether oxygens (including phenoxy) is 2. The summed E-state index contributed by atoms with van der Waals surface area (Å²) in [6.07, 6.45) is -0.0138. The van der Waals surface area contributed by atoms with E-state index in [1.807, 2.05) is 30.3 Å². The Balaban J connectivity index is 1.82. The lowest BCUT2D eigenvalue weighted by atomic mass is 9.85. The molecule has 2 N–H and O–H groups in total. The largest absolute Gasteiger partial charge is 0.507 e. The predicted molar refractivity (Wildman–Crippen MR) is 116 cm³/mol. The molecule has 7 nitrogen and oxygen atoms in total. The van der Waals surface area contributed by atoms with Crippen LogP contribution in [0.1, 0.15) is 23.5 Å². The predicted octanol–water partition coefficient (Wildman–Crippen LogP) is 4.32. The van der Waals surface area contributed by atoms with E-state index in [1.165, 1.54) is 25.3 Å². The van der Waals surface area contributed by atoms with E-state index in [1.54, 1.807) is 12.1 Å².